The summed E-state index contributed by atoms with van der Waals surface area (Å²) >= 11 is 5.45. The first-order valence-electron chi connectivity index (χ1n) is 5.22. The predicted molar refractivity (Wildman–Crippen MR) is 65.0 cm³/mol. The molecule has 0 aliphatic heterocycles. The van der Waals surface area contributed by atoms with E-state index in [4.69, 9.17) is 16.3 Å². The number of amides is 1. The van der Waals surface area contributed by atoms with Crippen LogP contribution in [0.3, 0.4) is 0 Å². The Bertz CT molecular complexity index is 342. The standard InChI is InChI=1S/C12H16ClNO2/c1-16-11-4-2-3-10(9-11)6-8-14-12(15)5-7-13/h2-4,9H,5-8H2,1H3,(H,14,15). The molecular weight excluding hydrogens is 226 g/mol. The number of hydrogen-bond acceptors (Lipinski definition) is 2. The molecule has 0 saturated heterocycles. The second-order valence-corrected chi connectivity index (χ2v) is 3.77. The summed E-state index contributed by atoms with van der Waals surface area (Å²) in [5, 5.41) is 2.81. The summed E-state index contributed by atoms with van der Waals surface area (Å²) in [4.78, 5) is 11.1. The molecule has 0 atom stereocenters. The Morgan fingerprint density at radius 2 is 2.31 bits per heavy atom. The maximum Gasteiger partial charge on any atom is 0.221 e. The fourth-order valence-electron chi connectivity index (χ4n) is 1.35. The van der Waals surface area contributed by atoms with Gasteiger partial charge in [0.25, 0.3) is 0 Å². The highest BCUT2D eigenvalue weighted by molar-refractivity contribution is 6.18. The Balaban J connectivity index is 2.34. The quantitative estimate of drug-likeness (QED) is 0.774. The van der Waals surface area contributed by atoms with Crippen LogP contribution in [0.4, 0.5) is 0 Å². The van der Waals surface area contributed by atoms with Crippen LogP contribution in [0.25, 0.3) is 0 Å². The van der Waals surface area contributed by atoms with E-state index in [0.29, 0.717) is 18.8 Å². The van der Waals surface area contributed by atoms with Crippen molar-refractivity contribution in [3.63, 3.8) is 0 Å². The largest absolute Gasteiger partial charge is 0.497 e. The molecule has 0 spiro atoms. The topological polar surface area (TPSA) is 38.3 Å². The monoisotopic (exact) mass is 241 g/mol. The summed E-state index contributed by atoms with van der Waals surface area (Å²) in [5.41, 5.74) is 1.14. The molecule has 0 saturated carbocycles. The number of halogens is 1. The van der Waals surface area contributed by atoms with E-state index >= 15 is 0 Å². The van der Waals surface area contributed by atoms with Gasteiger partial charge in [0.15, 0.2) is 0 Å². The Hall–Kier alpha value is -1.22. The van der Waals surface area contributed by atoms with Crippen molar-refractivity contribution in [2.45, 2.75) is 12.8 Å². The zero-order chi connectivity index (χ0) is 11.8. The first-order chi connectivity index (χ1) is 7.76. The summed E-state index contributed by atoms with van der Waals surface area (Å²) in [6, 6.07) is 7.81. The average Bonchev–Trinajstić information content (AvgIpc) is 2.30. The van der Waals surface area contributed by atoms with Crippen LogP contribution in [0.2, 0.25) is 0 Å². The van der Waals surface area contributed by atoms with Crippen molar-refractivity contribution in [2.24, 2.45) is 0 Å². The number of nitrogens with one attached hydrogen (secondary N) is 1. The summed E-state index contributed by atoms with van der Waals surface area (Å²) in [7, 11) is 1.64. The summed E-state index contributed by atoms with van der Waals surface area (Å²) < 4.78 is 5.12. The third-order valence-electron chi connectivity index (χ3n) is 2.19. The minimum absolute atomic E-state index is 0.00195. The Labute approximate surface area is 101 Å². The molecule has 0 aromatic heterocycles. The van der Waals surface area contributed by atoms with E-state index in [1.54, 1.807) is 7.11 Å². The first kappa shape index (κ1) is 12.8. The number of carbonyl (C=O) groups excluding carboxylic acids is 1. The molecule has 0 aliphatic carbocycles. The predicted octanol–water partition coefficient (Wildman–Crippen LogP) is 1.98. The van der Waals surface area contributed by atoms with Gasteiger partial charge in [-0.1, -0.05) is 12.1 Å². The SMILES string of the molecule is COc1cccc(CCNC(=O)CCCl)c1. The van der Waals surface area contributed by atoms with Crippen LogP contribution in [-0.4, -0.2) is 25.4 Å². The molecule has 1 rings (SSSR count). The Kier molecular flexibility index (Phi) is 5.72. The molecule has 1 aromatic rings. The van der Waals surface area contributed by atoms with Gasteiger partial charge in [0, 0.05) is 18.8 Å². The van der Waals surface area contributed by atoms with Crippen molar-refractivity contribution in [3.05, 3.63) is 29.8 Å². The van der Waals surface area contributed by atoms with E-state index in [1.165, 1.54) is 0 Å². The lowest BCUT2D eigenvalue weighted by molar-refractivity contribution is -0.120. The van der Waals surface area contributed by atoms with E-state index in [-0.39, 0.29) is 5.91 Å². The van der Waals surface area contributed by atoms with E-state index < -0.39 is 0 Å². The zero-order valence-electron chi connectivity index (χ0n) is 9.33. The van der Waals surface area contributed by atoms with Gasteiger partial charge in [-0.2, -0.15) is 0 Å². The van der Waals surface area contributed by atoms with Gasteiger partial charge < -0.3 is 10.1 Å². The highest BCUT2D eigenvalue weighted by atomic mass is 35.5. The second-order valence-electron chi connectivity index (χ2n) is 3.39. The molecule has 1 aromatic carbocycles. The van der Waals surface area contributed by atoms with Crippen molar-refractivity contribution in [1.82, 2.24) is 5.32 Å². The van der Waals surface area contributed by atoms with E-state index in [9.17, 15) is 4.79 Å². The molecule has 3 nitrogen and oxygen atoms in total. The molecule has 0 heterocycles. The van der Waals surface area contributed by atoms with Crippen molar-refractivity contribution >= 4 is 17.5 Å². The Morgan fingerprint density at radius 1 is 1.50 bits per heavy atom. The third-order valence-corrected chi connectivity index (χ3v) is 2.38. The van der Waals surface area contributed by atoms with Gasteiger partial charge in [-0.15, -0.1) is 11.6 Å². The van der Waals surface area contributed by atoms with Gasteiger partial charge >= 0.3 is 0 Å². The number of rotatable bonds is 6. The zero-order valence-corrected chi connectivity index (χ0v) is 10.1. The van der Waals surface area contributed by atoms with Crippen LogP contribution < -0.4 is 10.1 Å². The van der Waals surface area contributed by atoms with Crippen LogP contribution >= 0.6 is 11.6 Å². The molecule has 1 amide bonds. The summed E-state index contributed by atoms with van der Waals surface area (Å²) in [6.45, 7) is 0.628. The lowest BCUT2D eigenvalue weighted by atomic mass is 10.1. The fourth-order valence-corrected chi connectivity index (χ4v) is 1.52. The molecule has 0 radical (unpaired) electrons. The van der Waals surface area contributed by atoms with Crippen LogP contribution in [0.5, 0.6) is 5.75 Å². The number of carbonyl (C=O) groups is 1. The fraction of sp³-hybridized carbons (Fsp3) is 0.417. The molecule has 4 heteroatoms. The minimum Gasteiger partial charge on any atom is -0.497 e. The van der Waals surface area contributed by atoms with E-state index in [1.807, 2.05) is 24.3 Å². The van der Waals surface area contributed by atoms with Gasteiger partial charge in [0.05, 0.1) is 7.11 Å². The summed E-state index contributed by atoms with van der Waals surface area (Å²) in [6.07, 6.45) is 1.17. The molecule has 0 aliphatic rings. The average molecular weight is 242 g/mol. The smallest absolute Gasteiger partial charge is 0.221 e. The van der Waals surface area contributed by atoms with Crippen LogP contribution in [0.1, 0.15) is 12.0 Å². The highest BCUT2D eigenvalue weighted by Crippen LogP contribution is 2.12. The van der Waals surface area contributed by atoms with Crippen molar-refractivity contribution < 1.29 is 9.53 Å². The highest BCUT2D eigenvalue weighted by Gasteiger charge is 2.00. The van der Waals surface area contributed by atoms with Crippen molar-refractivity contribution in [2.75, 3.05) is 19.5 Å². The number of alkyl halides is 1. The first-order valence-corrected chi connectivity index (χ1v) is 5.75. The molecule has 1 N–H and O–H groups in total. The van der Waals surface area contributed by atoms with Crippen LogP contribution in [0, 0.1) is 0 Å². The molecular formula is C12H16ClNO2. The maximum absolute atomic E-state index is 11.1. The van der Waals surface area contributed by atoms with Crippen LogP contribution in [-0.2, 0) is 11.2 Å². The van der Waals surface area contributed by atoms with Gasteiger partial charge in [-0.05, 0) is 24.1 Å². The molecule has 0 unspecified atom stereocenters. The van der Waals surface area contributed by atoms with Gasteiger partial charge in [0.1, 0.15) is 5.75 Å². The number of hydrogen-bond donors (Lipinski definition) is 1. The van der Waals surface area contributed by atoms with Gasteiger partial charge in [-0.3, -0.25) is 4.79 Å². The normalized spacial score (nSPS) is 9.88. The Morgan fingerprint density at radius 3 is 3.00 bits per heavy atom. The minimum atomic E-state index is -0.00195. The number of benzene rings is 1. The molecule has 0 fully saturated rings. The van der Waals surface area contributed by atoms with E-state index in [2.05, 4.69) is 5.32 Å². The maximum atomic E-state index is 11.1. The lowest BCUT2D eigenvalue weighted by Gasteiger charge is -2.05. The molecule has 88 valence electrons. The number of ether oxygens (including phenoxy) is 1. The van der Waals surface area contributed by atoms with E-state index in [0.717, 1.165) is 17.7 Å². The third kappa shape index (κ3) is 4.53. The molecule has 16 heavy (non-hydrogen) atoms. The second kappa shape index (κ2) is 7.12. The molecule has 0 bridgehead atoms. The van der Waals surface area contributed by atoms with Gasteiger partial charge in [-0.25, -0.2) is 0 Å². The van der Waals surface area contributed by atoms with Crippen LogP contribution in [0.15, 0.2) is 24.3 Å². The van der Waals surface area contributed by atoms with Crippen molar-refractivity contribution in [3.8, 4) is 5.75 Å². The number of methoxy groups -OCH3 is 1. The summed E-state index contributed by atoms with van der Waals surface area (Å²) in [5.74, 6) is 1.20. The van der Waals surface area contributed by atoms with Gasteiger partial charge in [0.2, 0.25) is 5.91 Å². The lowest BCUT2D eigenvalue weighted by Crippen LogP contribution is -2.25. The van der Waals surface area contributed by atoms with Crippen molar-refractivity contribution in [1.29, 1.82) is 0 Å².